The average molecular weight is 165 g/mol. The smallest absolute Gasteiger partial charge is 0.0195 e. The molecule has 1 aliphatic rings. The topological polar surface area (TPSA) is 15.3 Å². The molecule has 0 aromatic rings. The van der Waals surface area contributed by atoms with Crippen LogP contribution in [-0.2, 0) is 0 Å². The summed E-state index contributed by atoms with van der Waals surface area (Å²) in [4.78, 5) is 2.24. The fourth-order valence-corrected chi connectivity index (χ4v) is 1.35. The van der Waals surface area contributed by atoms with Gasteiger partial charge in [0.2, 0.25) is 0 Å². The monoisotopic (exact) mass is 164 g/mol. The lowest BCUT2D eigenvalue weighted by Crippen LogP contribution is -2.33. The van der Waals surface area contributed by atoms with Gasteiger partial charge in [-0.1, -0.05) is 0 Å². The number of nitrogens with zero attached hydrogens (tertiary/aromatic N) is 1. The molecule has 0 radical (unpaired) electrons. The van der Waals surface area contributed by atoms with Crippen LogP contribution in [0.15, 0.2) is 0 Å². The highest BCUT2D eigenvalue weighted by Gasteiger charge is 2.13. The van der Waals surface area contributed by atoms with Crippen molar-refractivity contribution in [1.82, 2.24) is 10.2 Å². The van der Waals surface area contributed by atoms with Gasteiger partial charge >= 0.3 is 0 Å². The predicted molar refractivity (Wildman–Crippen MR) is 46.8 cm³/mol. The van der Waals surface area contributed by atoms with E-state index in [0.717, 1.165) is 6.04 Å². The second kappa shape index (κ2) is 4.94. The Bertz CT molecular complexity index is 79.7. The molecule has 10 heavy (non-hydrogen) atoms. The van der Waals surface area contributed by atoms with Crippen molar-refractivity contribution >= 4 is 12.4 Å². The summed E-state index contributed by atoms with van der Waals surface area (Å²) in [6.07, 6.45) is 2.72. The Kier molecular flexibility index (Phi) is 5.04. The van der Waals surface area contributed by atoms with Crippen molar-refractivity contribution in [3.05, 3.63) is 0 Å². The van der Waals surface area contributed by atoms with E-state index in [2.05, 4.69) is 24.3 Å². The van der Waals surface area contributed by atoms with Crippen LogP contribution in [0.1, 0.15) is 12.8 Å². The zero-order valence-electron chi connectivity index (χ0n) is 6.76. The molecule has 0 amide bonds. The molecule has 0 unspecified atom stereocenters. The highest BCUT2D eigenvalue weighted by atomic mass is 35.5. The lowest BCUT2D eigenvalue weighted by molar-refractivity contribution is 0.357. The number of nitrogens with one attached hydrogen (secondary N) is 1. The van der Waals surface area contributed by atoms with Gasteiger partial charge in [0.05, 0.1) is 0 Å². The van der Waals surface area contributed by atoms with Gasteiger partial charge in [0.25, 0.3) is 0 Å². The molecule has 1 atom stereocenters. The third-order valence-corrected chi connectivity index (χ3v) is 1.75. The average Bonchev–Trinajstić information content (AvgIpc) is 2.15. The zero-order chi connectivity index (χ0) is 6.69. The number of hydrogen-bond acceptors (Lipinski definition) is 2. The molecule has 1 fully saturated rings. The first kappa shape index (κ1) is 10.2. The van der Waals surface area contributed by atoms with Crippen LogP contribution in [0.5, 0.6) is 0 Å². The largest absolute Gasteiger partial charge is 0.313 e. The maximum absolute atomic E-state index is 3.45. The first-order chi connectivity index (χ1) is 4.29. The lowest BCUT2D eigenvalue weighted by Gasteiger charge is -2.15. The molecule has 0 aromatic carbocycles. The first-order valence-corrected chi connectivity index (χ1v) is 3.67. The number of likely N-dealkylation sites (N-methyl/N-ethyl adjacent to an activating group) is 1. The minimum Gasteiger partial charge on any atom is -0.313 e. The highest BCUT2D eigenvalue weighted by molar-refractivity contribution is 5.85. The molecule has 1 heterocycles. The van der Waals surface area contributed by atoms with Gasteiger partial charge in [0, 0.05) is 12.6 Å². The second-order valence-electron chi connectivity index (χ2n) is 3.06. The van der Waals surface area contributed by atoms with Gasteiger partial charge in [-0.3, -0.25) is 0 Å². The van der Waals surface area contributed by atoms with Crippen LogP contribution >= 0.6 is 12.4 Å². The van der Waals surface area contributed by atoms with Crippen molar-refractivity contribution in [1.29, 1.82) is 0 Å². The Labute approximate surface area is 69.4 Å². The van der Waals surface area contributed by atoms with Crippen molar-refractivity contribution in [3.63, 3.8) is 0 Å². The van der Waals surface area contributed by atoms with Crippen molar-refractivity contribution in [2.75, 3.05) is 27.2 Å². The second-order valence-corrected chi connectivity index (χ2v) is 3.06. The minimum absolute atomic E-state index is 0. The van der Waals surface area contributed by atoms with E-state index < -0.39 is 0 Å². The molecule has 0 spiro atoms. The molecule has 3 heteroatoms. The third-order valence-electron chi connectivity index (χ3n) is 1.75. The molecule has 62 valence electrons. The predicted octanol–water partition coefficient (Wildman–Crippen LogP) is 0.722. The van der Waals surface area contributed by atoms with Gasteiger partial charge in [-0.25, -0.2) is 0 Å². The Morgan fingerprint density at radius 1 is 1.50 bits per heavy atom. The highest BCUT2D eigenvalue weighted by Crippen LogP contribution is 2.04. The van der Waals surface area contributed by atoms with E-state index in [0.29, 0.717) is 0 Å². The number of hydrogen-bond donors (Lipinski definition) is 1. The summed E-state index contributed by atoms with van der Waals surface area (Å²) in [6, 6.07) is 0.764. The Balaban J connectivity index is 0.000000810. The number of halogens is 1. The quantitative estimate of drug-likeness (QED) is 0.647. The van der Waals surface area contributed by atoms with Gasteiger partial charge in [-0.05, 0) is 33.5 Å². The lowest BCUT2D eigenvalue weighted by atomic mass is 10.2. The summed E-state index contributed by atoms with van der Waals surface area (Å²) in [7, 11) is 4.25. The summed E-state index contributed by atoms with van der Waals surface area (Å²) < 4.78 is 0. The van der Waals surface area contributed by atoms with Gasteiger partial charge in [-0.15, -0.1) is 12.4 Å². The molecule has 1 N–H and O–H groups in total. The molecule has 0 aromatic heterocycles. The van der Waals surface area contributed by atoms with Crippen molar-refractivity contribution in [3.8, 4) is 0 Å². The summed E-state index contributed by atoms with van der Waals surface area (Å²) >= 11 is 0. The van der Waals surface area contributed by atoms with Crippen molar-refractivity contribution < 1.29 is 0 Å². The van der Waals surface area contributed by atoms with E-state index in [1.54, 1.807) is 0 Å². The van der Waals surface area contributed by atoms with Crippen LogP contribution < -0.4 is 5.32 Å². The van der Waals surface area contributed by atoms with Gasteiger partial charge in [-0.2, -0.15) is 0 Å². The zero-order valence-corrected chi connectivity index (χ0v) is 7.58. The fourth-order valence-electron chi connectivity index (χ4n) is 1.35. The maximum atomic E-state index is 3.45. The number of rotatable bonds is 2. The Hall–Kier alpha value is 0.210. The third kappa shape index (κ3) is 3.40. The molecule has 1 saturated heterocycles. The molecule has 1 aliphatic heterocycles. The van der Waals surface area contributed by atoms with Crippen LogP contribution in [0.3, 0.4) is 0 Å². The van der Waals surface area contributed by atoms with E-state index in [1.807, 2.05) is 0 Å². The Morgan fingerprint density at radius 3 is 2.60 bits per heavy atom. The SMILES string of the molecule is CN(C)C[C@H]1CCCN1.Cl. The van der Waals surface area contributed by atoms with Crippen LogP contribution in [0.2, 0.25) is 0 Å². The van der Waals surface area contributed by atoms with Crippen molar-refractivity contribution in [2.24, 2.45) is 0 Å². The molecule has 2 nitrogen and oxygen atoms in total. The summed E-state index contributed by atoms with van der Waals surface area (Å²) in [5.41, 5.74) is 0. The van der Waals surface area contributed by atoms with Crippen LogP contribution in [0, 0.1) is 0 Å². The maximum Gasteiger partial charge on any atom is 0.0195 e. The first-order valence-electron chi connectivity index (χ1n) is 3.67. The molecule has 1 rings (SSSR count). The molecule has 0 aliphatic carbocycles. The van der Waals surface area contributed by atoms with Gasteiger partial charge in [0.15, 0.2) is 0 Å². The molecular weight excluding hydrogens is 148 g/mol. The van der Waals surface area contributed by atoms with E-state index in [9.17, 15) is 0 Å². The molecular formula is C7H17ClN2. The van der Waals surface area contributed by atoms with E-state index in [4.69, 9.17) is 0 Å². The van der Waals surface area contributed by atoms with E-state index in [-0.39, 0.29) is 12.4 Å². The standard InChI is InChI=1S/C7H16N2.ClH/c1-9(2)6-7-4-3-5-8-7;/h7-8H,3-6H2,1-2H3;1H/t7-;/m1./s1. The fraction of sp³-hybridized carbons (Fsp3) is 1.00. The van der Waals surface area contributed by atoms with Gasteiger partial charge < -0.3 is 10.2 Å². The van der Waals surface area contributed by atoms with Crippen LogP contribution in [-0.4, -0.2) is 38.1 Å². The summed E-state index contributed by atoms with van der Waals surface area (Å²) in [6.45, 7) is 2.42. The van der Waals surface area contributed by atoms with Crippen LogP contribution in [0.25, 0.3) is 0 Å². The van der Waals surface area contributed by atoms with E-state index in [1.165, 1.54) is 25.9 Å². The summed E-state index contributed by atoms with van der Waals surface area (Å²) in [5.74, 6) is 0. The molecule has 0 saturated carbocycles. The normalized spacial score (nSPS) is 24.9. The van der Waals surface area contributed by atoms with Crippen LogP contribution in [0.4, 0.5) is 0 Å². The van der Waals surface area contributed by atoms with Crippen molar-refractivity contribution in [2.45, 2.75) is 18.9 Å². The minimum atomic E-state index is 0. The van der Waals surface area contributed by atoms with E-state index >= 15 is 0 Å². The summed E-state index contributed by atoms with van der Waals surface area (Å²) in [5, 5.41) is 3.45. The Morgan fingerprint density at radius 2 is 2.20 bits per heavy atom. The van der Waals surface area contributed by atoms with Gasteiger partial charge in [0.1, 0.15) is 0 Å². The molecule has 0 bridgehead atoms.